The molecule has 0 aliphatic rings. The lowest BCUT2D eigenvalue weighted by molar-refractivity contribution is -0.137. The predicted molar refractivity (Wildman–Crippen MR) is 116 cm³/mol. The minimum atomic E-state index is -4.58. The second-order valence-corrected chi connectivity index (χ2v) is 7.48. The Kier molecular flexibility index (Phi) is 6.99. The van der Waals surface area contributed by atoms with E-state index in [2.05, 4.69) is 34.4 Å². The zero-order valence-electron chi connectivity index (χ0n) is 17.6. The van der Waals surface area contributed by atoms with Gasteiger partial charge >= 0.3 is 6.18 Å². The van der Waals surface area contributed by atoms with Crippen molar-refractivity contribution in [2.24, 2.45) is 5.92 Å². The molecule has 0 aliphatic carbocycles. The molecule has 5 nitrogen and oxygen atoms in total. The van der Waals surface area contributed by atoms with Gasteiger partial charge in [-0.1, -0.05) is 32.9 Å². The number of halogens is 3. The monoisotopic (exact) mass is 430 g/mol. The molecule has 0 bridgehead atoms. The molecule has 3 aromatic rings. The van der Waals surface area contributed by atoms with Gasteiger partial charge < -0.3 is 15.4 Å². The van der Waals surface area contributed by atoms with Crippen LogP contribution >= 0.6 is 0 Å². The van der Waals surface area contributed by atoms with Crippen LogP contribution in [0, 0.1) is 5.92 Å². The minimum absolute atomic E-state index is 0.0523. The molecule has 2 N–H and O–H groups in total. The fourth-order valence-corrected chi connectivity index (χ4v) is 2.73. The number of benzene rings is 2. The Morgan fingerprint density at radius 3 is 2.13 bits per heavy atom. The van der Waals surface area contributed by atoms with Crippen molar-refractivity contribution in [1.82, 2.24) is 9.97 Å². The van der Waals surface area contributed by atoms with Crippen LogP contribution in [0.25, 0.3) is 0 Å². The van der Waals surface area contributed by atoms with Crippen molar-refractivity contribution in [3.8, 4) is 5.75 Å². The molecular weight excluding hydrogens is 405 g/mol. The Morgan fingerprint density at radius 1 is 0.935 bits per heavy atom. The molecule has 0 spiro atoms. The van der Waals surface area contributed by atoms with Crippen LogP contribution in [0.5, 0.6) is 5.75 Å². The van der Waals surface area contributed by atoms with Gasteiger partial charge in [-0.2, -0.15) is 18.2 Å². The zero-order valence-corrected chi connectivity index (χ0v) is 17.6. The van der Waals surface area contributed by atoms with Crippen molar-refractivity contribution < 1.29 is 17.9 Å². The molecule has 1 aromatic heterocycles. The lowest BCUT2D eigenvalue weighted by Gasteiger charge is -2.15. The molecule has 8 heteroatoms. The third-order valence-electron chi connectivity index (χ3n) is 4.41. The molecule has 0 atom stereocenters. The largest absolute Gasteiger partial charge is 0.493 e. The topological polar surface area (TPSA) is 59.1 Å². The number of hydrogen-bond acceptors (Lipinski definition) is 5. The number of alkyl halides is 3. The quantitative estimate of drug-likeness (QED) is 0.423. The van der Waals surface area contributed by atoms with Crippen molar-refractivity contribution in [2.75, 3.05) is 17.2 Å². The smallest absolute Gasteiger partial charge is 0.421 e. The normalized spacial score (nSPS) is 11.5. The lowest BCUT2D eigenvalue weighted by atomic mass is 10.1. The highest BCUT2D eigenvalue weighted by Crippen LogP contribution is 2.35. The molecule has 0 amide bonds. The molecule has 3 rings (SSSR count). The van der Waals surface area contributed by atoms with E-state index >= 15 is 0 Å². The Labute approximate surface area is 179 Å². The average molecular weight is 430 g/mol. The highest BCUT2D eigenvalue weighted by atomic mass is 19.4. The Hall–Kier alpha value is -3.29. The van der Waals surface area contributed by atoms with Gasteiger partial charge in [0.15, 0.2) is 0 Å². The van der Waals surface area contributed by atoms with Crippen molar-refractivity contribution in [2.45, 2.75) is 33.4 Å². The van der Waals surface area contributed by atoms with E-state index in [9.17, 15) is 13.2 Å². The van der Waals surface area contributed by atoms with Gasteiger partial charge in [0.1, 0.15) is 17.1 Å². The van der Waals surface area contributed by atoms with Gasteiger partial charge in [-0.3, -0.25) is 0 Å². The summed E-state index contributed by atoms with van der Waals surface area (Å²) >= 11 is 0. The minimum Gasteiger partial charge on any atom is -0.493 e. The summed E-state index contributed by atoms with van der Waals surface area (Å²) in [4.78, 5) is 7.91. The van der Waals surface area contributed by atoms with E-state index in [0.717, 1.165) is 18.2 Å². The third-order valence-corrected chi connectivity index (χ3v) is 4.41. The maximum absolute atomic E-state index is 13.4. The van der Waals surface area contributed by atoms with Crippen LogP contribution in [0.1, 0.15) is 31.9 Å². The van der Waals surface area contributed by atoms with Crippen molar-refractivity contribution in [3.05, 3.63) is 65.9 Å². The lowest BCUT2D eigenvalue weighted by Crippen LogP contribution is -2.12. The number of hydrogen-bond donors (Lipinski definition) is 2. The van der Waals surface area contributed by atoms with E-state index in [1.165, 1.54) is 0 Å². The van der Waals surface area contributed by atoms with Gasteiger partial charge in [0.2, 0.25) is 5.95 Å². The third kappa shape index (κ3) is 6.34. The van der Waals surface area contributed by atoms with Gasteiger partial charge in [0.25, 0.3) is 0 Å². The number of aromatic nitrogens is 2. The summed E-state index contributed by atoms with van der Waals surface area (Å²) in [5.41, 5.74) is 1.30. The second kappa shape index (κ2) is 9.68. The molecule has 0 saturated heterocycles. The molecular formula is C23H25F3N4O. The molecule has 0 unspecified atom stereocenters. The Balaban J connectivity index is 1.80. The molecule has 1 heterocycles. The Bertz CT molecular complexity index is 987. The second-order valence-electron chi connectivity index (χ2n) is 7.48. The number of anilines is 4. The summed E-state index contributed by atoms with van der Waals surface area (Å²) in [6.07, 6.45) is -2.96. The summed E-state index contributed by atoms with van der Waals surface area (Å²) in [5, 5.41) is 5.70. The molecule has 0 saturated carbocycles. The first-order valence-corrected chi connectivity index (χ1v) is 10.0. The number of nitrogens with one attached hydrogen (secondary N) is 2. The molecule has 164 valence electrons. The zero-order chi connectivity index (χ0) is 22.4. The highest BCUT2D eigenvalue weighted by Gasteiger charge is 2.35. The summed E-state index contributed by atoms with van der Waals surface area (Å²) in [5.74, 6) is 0.857. The Morgan fingerprint density at radius 2 is 1.55 bits per heavy atom. The van der Waals surface area contributed by atoms with E-state index in [4.69, 9.17) is 4.74 Å². The van der Waals surface area contributed by atoms with Crippen molar-refractivity contribution >= 4 is 23.1 Å². The average Bonchev–Trinajstić information content (AvgIpc) is 2.73. The fraction of sp³-hybridized carbons (Fsp3) is 0.304. The first kappa shape index (κ1) is 22.4. The van der Waals surface area contributed by atoms with E-state index in [1.807, 2.05) is 19.1 Å². The van der Waals surface area contributed by atoms with Gasteiger partial charge in [-0.15, -0.1) is 0 Å². The standard InChI is InChI=1S/C23H25F3N4O/c1-4-16-5-7-17(8-6-16)28-21-20(23(24,25)26)13-27-22(30-21)29-18-9-11-19(12-10-18)31-14-15(2)3/h5-13,15H,4,14H2,1-3H3,(H2,27,28,29,30). The van der Waals surface area contributed by atoms with Gasteiger partial charge in [0, 0.05) is 17.6 Å². The maximum Gasteiger partial charge on any atom is 0.421 e. The van der Waals surface area contributed by atoms with Crippen molar-refractivity contribution in [1.29, 1.82) is 0 Å². The van der Waals surface area contributed by atoms with Crippen LogP contribution in [0.15, 0.2) is 54.7 Å². The van der Waals surface area contributed by atoms with Crippen molar-refractivity contribution in [3.63, 3.8) is 0 Å². The van der Waals surface area contributed by atoms with E-state index in [-0.39, 0.29) is 11.8 Å². The van der Waals surface area contributed by atoms with Crippen LogP contribution in [-0.4, -0.2) is 16.6 Å². The summed E-state index contributed by atoms with van der Waals surface area (Å²) in [6.45, 7) is 6.72. The maximum atomic E-state index is 13.4. The first-order chi connectivity index (χ1) is 14.7. The molecule has 0 radical (unpaired) electrons. The predicted octanol–water partition coefficient (Wildman–Crippen LogP) is 6.58. The van der Waals surface area contributed by atoms with Crippen LogP contribution in [-0.2, 0) is 12.6 Å². The van der Waals surface area contributed by atoms with Crippen LogP contribution in [0.3, 0.4) is 0 Å². The fourth-order valence-electron chi connectivity index (χ4n) is 2.73. The molecule has 0 fully saturated rings. The molecule has 2 aromatic carbocycles. The number of rotatable bonds is 8. The van der Waals surface area contributed by atoms with E-state index in [1.54, 1.807) is 36.4 Å². The summed E-state index contributed by atoms with van der Waals surface area (Å²) < 4.78 is 46.0. The molecule has 31 heavy (non-hydrogen) atoms. The highest BCUT2D eigenvalue weighted by molar-refractivity contribution is 5.63. The summed E-state index contributed by atoms with van der Waals surface area (Å²) in [6, 6.07) is 14.2. The number of ether oxygens (including phenoxy) is 1. The van der Waals surface area contributed by atoms with Crippen LogP contribution in [0.2, 0.25) is 0 Å². The van der Waals surface area contributed by atoms with Gasteiger partial charge in [0.05, 0.1) is 6.61 Å². The molecule has 0 aliphatic heterocycles. The number of nitrogens with zero attached hydrogens (tertiary/aromatic N) is 2. The van der Waals surface area contributed by atoms with Crippen LogP contribution in [0.4, 0.5) is 36.3 Å². The van der Waals surface area contributed by atoms with Crippen LogP contribution < -0.4 is 15.4 Å². The van der Waals surface area contributed by atoms with E-state index < -0.39 is 11.7 Å². The SMILES string of the molecule is CCc1ccc(Nc2nc(Nc3ccc(OCC(C)C)cc3)ncc2C(F)(F)F)cc1. The van der Waals surface area contributed by atoms with Gasteiger partial charge in [-0.05, 0) is 54.3 Å². The number of aryl methyl sites for hydroxylation is 1. The summed E-state index contributed by atoms with van der Waals surface area (Å²) in [7, 11) is 0. The van der Waals surface area contributed by atoms with E-state index in [0.29, 0.717) is 29.6 Å². The van der Waals surface area contributed by atoms with Gasteiger partial charge in [-0.25, -0.2) is 4.98 Å². The first-order valence-electron chi connectivity index (χ1n) is 10.0.